The zero-order valence-electron chi connectivity index (χ0n) is 11.4. The lowest BCUT2D eigenvalue weighted by atomic mass is 10.2. The van der Waals surface area contributed by atoms with Gasteiger partial charge in [0.05, 0.1) is 24.1 Å². The predicted octanol–water partition coefficient (Wildman–Crippen LogP) is 2.34. The number of hydrogen-bond donors (Lipinski definition) is 0. The lowest BCUT2D eigenvalue weighted by Gasteiger charge is -2.20. The van der Waals surface area contributed by atoms with Gasteiger partial charge in [-0.3, -0.25) is 0 Å². The Kier molecular flexibility index (Phi) is 3.84. The van der Waals surface area contributed by atoms with E-state index in [0.717, 1.165) is 17.8 Å². The third-order valence-electron chi connectivity index (χ3n) is 2.96. The second-order valence-electron chi connectivity index (χ2n) is 4.53. The highest BCUT2D eigenvalue weighted by Gasteiger charge is 2.33. The van der Waals surface area contributed by atoms with Crippen molar-refractivity contribution in [2.75, 3.05) is 11.9 Å². The molecule has 0 N–H and O–H groups in total. The monoisotopic (exact) mass is 295 g/mol. The summed E-state index contributed by atoms with van der Waals surface area (Å²) in [5, 5.41) is 9.03. The van der Waals surface area contributed by atoms with Crippen molar-refractivity contribution in [2.24, 2.45) is 7.05 Å². The first-order valence-corrected chi connectivity index (χ1v) is 5.97. The highest BCUT2D eigenvalue weighted by molar-refractivity contribution is 5.54. The molecule has 0 aliphatic heterocycles. The number of nitriles is 1. The van der Waals surface area contributed by atoms with E-state index in [0.29, 0.717) is 6.54 Å². The standard InChI is InChI=1S/C13H12F3N5/c1-20(7-10-6-18-8-21(10)2)12-9(5-17)3-4-11(19-12)13(14,15)16/h3-4,6,8H,7H2,1-2H3. The van der Waals surface area contributed by atoms with E-state index in [2.05, 4.69) is 9.97 Å². The van der Waals surface area contributed by atoms with E-state index in [1.807, 2.05) is 6.07 Å². The quantitative estimate of drug-likeness (QED) is 0.872. The predicted molar refractivity (Wildman–Crippen MR) is 69.3 cm³/mol. The third-order valence-corrected chi connectivity index (χ3v) is 2.96. The Morgan fingerprint density at radius 1 is 1.38 bits per heavy atom. The molecule has 0 amide bonds. The summed E-state index contributed by atoms with van der Waals surface area (Å²) in [5.41, 5.74) is -0.137. The Hall–Kier alpha value is -2.56. The highest BCUT2D eigenvalue weighted by atomic mass is 19.4. The van der Waals surface area contributed by atoms with Crippen LogP contribution in [0.2, 0.25) is 0 Å². The summed E-state index contributed by atoms with van der Waals surface area (Å²) < 4.78 is 39.9. The first kappa shape index (κ1) is 14.8. The SMILES string of the molecule is CN(Cc1cncn1C)c1nc(C(F)(F)F)ccc1C#N. The number of rotatable bonds is 3. The van der Waals surface area contributed by atoms with E-state index in [4.69, 9.17) is 5.26 Å². The highest BCUT2D eigenvalue weighted by Crippen LogP contribution is 2.30. The minimum atomic E-state index is -4.55. The fraction of sp³-hybridized carbons (Fsp3) is 0.308. The maximum atomic E-state index is 12.7. The van der Waals surface area contributed by atoms with Crippen molar-refractivity contribution >= 4 is 5.82 Å². The van der Waals surface area contributed by atoms with Crippen LogP contribution in [0, 0.1) is 11.3 Å². The van der Waals surface area contributed by atoms with E-state index in [-0.39, 0.29) is 11.4 Å². The second-order valence-corrected chi connectivity index (χ2v) is 4.53. The zero-order chi connectivity index (χ0) is 15.6. The number of aryl methyl sites for hydroxylation is 1. The molecule has 0 saturated heterocycles. The molecule has 0 radical (unpaired) electrons. The molecular weight excluding hydrogens is 283 g/mol. The number of imidazole rings is 1. The molecule has 0 spiro atoms. The minimum Gasteiger partial charge on any atom is -0.353 e. The number of alkyl halides is 3. The van der Waals surface area contributed by atoms with Gasteiger partial charge in [0.25, 0.3) is 0 Å². The maximum absolute atomic E-state index is 12.7. The first-order valence-electron chi connectivity index (χ1n) is 5.97. The largest absolute Gasteiger partial charge is 0.433 e. The number of anilines is 1. The molecule has 2 heterocycles. The van der Waals surface area contributed by atoms with Crippen LogP contribution in [-0.2, 0) is 19.8 Å². The summed E-state index contributed by atoms with van der Waals surface area (Å²) >= 11 is 0. The van der Waals surface area contributed by atoms with Crippen LogP contribution >= 0.6 is 0 Å². The molecule has 110 valence electrons. The summed E-state index contributed by atoms with van der Waals surface area (Å²) in [6, 6.07) is 3.79. The topological polar surface area (TPSA) is 57.7 Å². The first-order chi connectivity index (χ1) is 9.82. The van der Waals surface area contributed by atoms with Gasteiger partial charge in [0.2, 0.25) is 0 Å². The van der Waals surface area contributed by atoms with Gasteiger partial charge in [0, 0.05) is 20.3 Å². The van der Waals surface area contributed by atoms with E-state index >= 15 is 0 Å². The Bertz CT molecular complexity index is 684. The molecule has 8 heteroatoms. The fourth-order valence-corrected chi connectivity index (χ4v) is 1.84. The molecule has 0 unspecified atom stereocenters. The van der Waals surface area contributed by atoms with Gasteiger partial charge in [-0.25, -0.2) is 9.97 Å². The summed E-state index contributed by atoms with van der Waals surface area (Å²) in [4.78, 5) is 9.00. The van der Waals surface area contributed by atoms with Crippen molar-refractivity contribution in [2.45, 2.75) is 12.7 Å². The lowest BCUT2D eigenvalue weighted by Crippen LogP contribution is -2.22. The molecule has 0 aliphatic rings. The van der Waals surface area contributed by atoms with Crippen LogP contribution in [0.15, 0.2) is 24.7 Å². The van der Waals surface area contributed by atoms with Gasteiger partial charge in [0.15, 0.2) is 0 Å². The summed E-state index contributed by atoms with van der Waals surface area (Å²) in [6.45, 7) is 0.291. The van der Waals surface area contributed by atoms with Crippen molar-refractivity contribution in [1.82, 2.24) is 14.5 Å². The summed E-state index contributed by atoms with van der Waals surface area (Å²) in [5.74, 6) is -0.00600. The van der Waals surface area contributed by atoms with Crippen molar-refractivity contribution in [3.8, 4) is 6.07 Å². The van der Waals surface area contributed by atoms with Gasteiger partial charge in [-0.2, -0.15) is 18.4 Å². The number of halogens is 3. The van der Waals surface area contributed by atoms with E-state index in [1.165, 1.54) is 4.90 Å². The van der Waals surface area contributed by atoms with Crippen LogP contribution in [0.3, 0.4) is 0 Å². The number of pyridine rings is 1. The molecule has 2 aromatic rings. The van der Waals surface area contributed by atoms with E-state index in [9.17, 15) is 13.2 Å². The van der Waals surface area contributed by atoms with Crippen LogP contribution in [0.1, 0.15) is 17.0 Å². The van der Waals surface area contributed by atoms with Crippen molar-refractivity contribution in [3.63, 3.8) is 0 Å². The molecule has 2 rings (SSSR count). The number of nitrogens with zero attached hydrogens (tertiary/aromatic N) is 5. The molecule has 0 aliphatic carbocycles. The Morgan fingerprint density at radius 2 is 2.10 bits per heavy atom. The minimum absolute atomic E-state index is 0.00600. The molecule has 0 fully saturated rings. The lowest BCUT2D eigenvalue weighted by molar-refractivity contribution is -0.141. The molecule has 0 bridgehead atoms. The average Bonchev–Trinajstić information content (AvgIpc) is 2.82. The molecule has 5 nitrogen and oxygen atoms in total. The van der Waals surface area contributed by atoms with Crippen LogP contribution in [0.5, 0.6) is 0 Å². The number of hydrogen-bond acceptors (Lipinski definition) is 4. The zero-order valence-corrected chi connectivity index (χ0v) is 11.4. The van der Waals surface area contributed by atoms with Gasteiger partial charge < -0.3 is 9.47 Å². The Balaban J connectivity index is 2.37. The molecule has 0 atom stereocenters. The second kappa shape index (κ2) is 5.44. The van der Waals surface area contributed by atoms with E-state index < -0.39 is 11.9 Å². The van der Waals surface area contributed by atoms with Crippen LogP contribution in [0.4, 0.5) is 19.0 Å². The average molecular weight is 295 g/mol. The normalized spacial score (nSPS) is 11.2. The molecule has 2 aromatic heterocycles. The van der Waals surface area contributed by atoms with Crippen molar-refractivity contribution in [3.05, 3.63) is 41.6 Å². The van der Waals surface area contributed by atoms with Gasteiger partial charge in [-0.05, 0) is 12.1 Å². The maximum Gasteiger partial charge on any atom is 0.433 e. The molecular formula is C13H12F3N5. The van der Waals surface area contributed by atoms with Gasteiger partial charge in [0.1, 0.15) is 17.6 Å². The third kappa shape index (κ3) is 3.13. The molecule has 0 saturated carbocycles. The van der Waals surface area contributed by atoms with Crippen LogP contribution in [0.25, 0.3) is 0 Å². The summed E-state index contributed by atoms with van der Waals surface area (Å²) in [6.07, 6.45) is -1.35. The van der Waals surface area contributed by atoms with E-state index in [1.54, 1.807) is 31.2 Å². The van der Waals surface area contributed by atoms with Crippen LogP contribution in [-0.4, -0.2) is 21.6 Å². The van der Waals surface area contributed by atoms with Gasteiger partial charge in [-0.1, -0.05) is 0 Å². The van der Waals surface area contributed by atoms with Crippen LogP contribution < -0.4 is 4.90 Å². The van der Waals surface area contributed by atoms with Gasteiger partial charge >= 0.3 is 6.18 Å². The fourth-order valence-electron chi connectivity index (χ4n) is 1.84. The Labute approximate surface area is 119 Å². The Morgan fingerprint density at radius 3 is 2.62 bits per heavy atom. The molecule has 21 heavy (non-hydrogen) atoms. The summed E-state index contributed by atoms with van der Waals surface area (Å²) in [7, 11) is 3.36. The smallest absolute Gasteiger partial charge is 0.353 e. The van der Waals surface area contributed by atoms with Gasteiger partial charge in [-0.15, -0.1) is 0 Å². The number of aromatic nitrogens is 3. The van der Waals surface area contributed by atoms with Crippen molar-refractivity contribution in [1.29, 1.82) is 5.26 Å². The molecule has 0 aromatic carbocycles. The van der Waals surface area contributed by atoms with Crippen molar-refractivity contribution < 1.29 is 13.2 Å².